The number of rotatable bonds is 3. The zero-order chi connectivity index (χ0) is 21.3. The number of hydrogen-bond acceptors (Lipinski definition) is 3. The summed E-state index contributed by atoms with van der Waals surface area (Å²) in [4.78, 5) is 34.1. The fourth-order valence-electron chi connectivity index (χ4n) is 5.19. The van der Waals surface area contributed by atoms with Crippen molar-refractivity contribution < 1.29 is 14.0 Å². The lowest BCUT2D eigenvalue weighted by Gasteiger charge is -2.56. The number of halogens is 1. The van der Waals surface area contributed by atoms with E-state index in [1.807, 2.05) is 21.9 Å². The highest BCUT2D eigenvalue weighted by atomic mass is 19.1. The first-order chi connectivity index (χ1) is 14.4. The molecule has 2 aliphatic heterocycles. The van der Waals surface area contributed by atoms with Crippen LogP contribution in [0.5, 0.6) is 0 Å². The third-order valence-corrected chi connectivity index (χ3v) is 6.65. The summed E-state index contributed by atoms with van der Waals surface area (Å²) in [7, 11) is 0. The lowest BCUT2D eigenvalue weighted by molar-refractivity contribution is -0.143. The molecule has 0 spiro atoms. The maximum atomic E-state index is 14.0. The van der Waals surface area contributed by atoms with Crippen molar-refractivity contribution in [2.45, 2.75) is 57.5 Å². The third-order valence-electron chi connectivity index (χ3n) is 6.65. The van der Waals surface area contributed by atoms with E-state index < -0.39 is 0 Å². The fraction of sp³-hybridized carbons (Fsp3) is 0.458. The predicted molar refractivity (Wildman–Crippen MR) is 113 cm³/mol. The fourth-order valence-corrected chi connectivity index (χ4v) is 5.19. The molecule has 2 aromatic rings. The average Bonchev–Trinajstić information content (AvgIpc) is 2.73. The second-order valence-corrected chi connectivity index (χ2v) is 8.57. The number of amides is 2. The summed E-state index contributed by atoms with van der Waals surface area (Å²) in [6, 6.07) is 12.0. The van der Waals surface area contributed by atoms with Gasteiger partial charge in [0, 0.05) is 32.1 Å². The zero-order valence-corrected chi connectivity index (χ0v) is 17.6. The van der Waals surface area contributed by atoms with E-state index in [9.17, 15) is 14.0 Å². The summed E-state index contributed by atoms with van der Waals surface area (Å²) in [5, 5.41) is 0. The SMILES string of the molecule is CC(=O)N1CCC[C@@H]2N(C(=O)c3cccc(Cc4ccccc4F)n3)CCC[C@@]21C. The number of fused-ring (bicyclic) bond motifs is 1. The van der Waals surface area contributed by atoms with Crippen LogP contribution in [0.1, 0.15) is 61.3 Å². The van der Waals surface area contributed by atoms with Crippen molar-refractivity contribution in [1.82, 2.24) is 14.8 Å². The number of carbonyl (C=O) groups is 2. The van der Waals surface area contributed by atoms with Crippen LogP contribution >= 0.6 is 0 Å². The van der Waals surface area contributed by atoms with Gasteiger partial charge in [-0.2, -0.15) is 0 Å². The van der Waals surface area contributed by atoms with Gasteiger partial charge in [-0.15, -0.1) is 0 Å². The lowest BCUT2D eigenvalue weighted by atomic mass is 9.76. The van der Waals surface area contributed by atoms with Gasteiger partial charge in [-0.25, -0.2) is 9.37 Å². The Bertz CT molecular complexity index is 963. The van der Waals surface area contributed by atoms with E-state index in [1.54, 1.807) is 31.2 Å². The van der Waals surface area contributed by atoms with E-state index in [1.165, 1.54) is 6.07 Å². The summed E-state index contributed by atoms with van der Waals surface area (Å²) >= 11 is 0. The smallest absolute Gasteiger partial charge is 0.272 e. The normalized spacial score (nSPS) is 23.8. The van der Waals surface area contributed by atoms with Gasteiger partial charge in [0.2, 0.25) is 5.91 Å². The first-order valence-corrected chi connectivity index (χ1v) is 10.7. The molecular weight excluding hydrogens is 381 g/mol. The average molecular weight is 410 g/mol. The van der Waals surface area contributed by atoms with Crippen LogP contribution in [-0.4, -0.2) is 51.3 Å². The quantitative estimate of drug-likeness (QED) is 0.775. The van der Waals surface area contributed by atoms with Crippen molar-refractivity contribution in [2.75, 3.05) is 13.1 Å². The van der Waals surface area contributed by atoms with Crippen LogP contribution in [0.3, 0.4) is 0 Å². The Balaban J connectivity index is 1.58. The van der Waals surface area contributed by atoms with Crippen molar-refractivity contribution >= 4 is 11.8 Å². The van der Waals surface area contributed by atoms with Crippen molar-refractivity contribution in [3.8, 4) is 0 Å². The molecule has 3 heterocycles. The Morgan fingerprint density at radius 2 is 1.93 bits per heavy atom. The molecule has 0 unspecified atom stereocenters. The summed E-state index contributed by atoms with van der Waals surface area (Å²) in [6.45, 7) is 5.15. The Morgan fingerprint density at radius 3 is 2.70 bits per heavy atom. The van der Waals surface area contributed by atoms with Crippen LogP contribution in [0.2, 0.25) is 0 Å². The summed E-state index contributed by atoms with van der Waals surface area (Å²) in [5.41, 5.74) is 1.28. The standard InChI is InChI=1S/C24H28FN3O2/c1-17(29)28-15-6-12-22-24(28,2)13-7-14-27(22)23(30)21-11-5-9-19(26-21)16-18-8-3-4-10-20(18)25/h3-5,8-11,22H,6-7,12-16H2,1-2H3/t22-,24-/m0/s1. The third kappa shape index (κ3) is 3.71. The molecule has 4 rings (SSSR count). The van der Waals surface area contributed by atoms with E-state index in [4.69, 9.17) is 0 Å². The van der Waals surface area contributed by atoms with Gasteiger partial charge < -0.3 is 9.80 Å². The van der Waals surface area contributed by atoms with E-state index in [2.05, 4.69) is 11.9 Å². The van der Waals surface area contributed by atoms with E-state index in [0.29, 0.717) is 29.9 Å². The van der Waals surface area contributed by atoms with Crippen molar-refractivity contribution in [2.24, 2.45) is 0 Å². The van der Waals surface area contributed by atoms with Gasteiger partial charge in [0.1, 0.15) is 11.5 Å². The van der Waals surface area contributed by atoms with Gasteiger partial charge in [-0.3, -0.25) is 9.59 Å². The van der Waals surface area contributed by atoms with E-state index >= 15 is 0 Å². The molecular formula is C24H28FN3O2. The molecule has 6 heteroatoms. The molecule has 0 saturated carbocycles. The Labute approximate surface area is 176 Å². The van der Waals surface area contributed by atoms with Gasteiger partial charge in [0.15, 0.2) is 0 Å². The molecule has 2 atom stereocenters. The minimum atomic E-state index is -0.331. The predicted octanol–water partition coefficient (Wildman–Crippen LogP) is 3.82. The second-order valence-electron chi connectivity index (χ2n) is 8.57. The number of piperidine rings is 2. The molecule has 2 amide bonds. The van der Waals surface area contributed by atoms with Crippen molar-refractivity contribution in [3.05, 3.63) is 65.2 Å². The van der Waals surface area contributed by atoms with Crippen LogP contribution in [0.25, 0.3) is 0 Å². The Morgan fingerprint density at radius 1 is 1.13 bits per heavy atom. The lowest BCUT2D eigenvalue weighted by Crippen LogP contribution is -2.68. The minimum Gasteiger partial charge on any atom is -0.335 e. The van der Waals surface area contributed by atoms with Crippen molar-refractivity contribution in [3.63, 3.8) is 0 Å². The van der Waals surface area contributed by atoms with Gasteiger partial charge >= 0.3 is 0 Å². The monoisotopic (exact) mass is 409 g/mol. The summed E-state index contributed by atoms with van der Waals surface area (Å²) < 4.78 is 14.0. The highest BCUT2D eigenvalue weighted by Gasteiger charge is 2.49. The molecule has 1 aromatic heterocycles. The molecule has 30 heavy (non-hydrogen) atoms. The van der Waals surface area contributed by atoms with Crippen molar-refractivity contribution in [1.29, 1.82) is 0 Å². The van der Waals surface area contributed by atoms with Gasteiger partial charge in [-0.1, -0.05) is 24.3 Å². The van der Waals surface area contributed by atoms with Gasteiger partial charge in [-0.05, 0) is 56.4 Å². The number of benzene rings is 1. The summed E-state index contributed by atoms with van der Waals surface area (Å²) in [5.74, 6) is -0.303. The number of pyridine rings is 1. The first-order valence-electron chi connectivity index (χ1n) is 10.7. The second kappa shape index (κ2) is 8.17. The van der Waals surface area contributed by atoms with Gasteiger partial charge in [0.05, 0.1) is 11.6 Å². The topological polar surface area (TPSA) is 53.5 Å². The molecule has 1 aromatic carbocycles. The van der Waals surface area contributed by atoms with Crippen LogP contribution in [0.4, 0.5) is 4.39 Å². The summed E-state index contributed by atoms with van der Waals surface area (Å²) in [6.07, 6.45) is 3.89. The number of aromatic nitrogens is 1. The molecule has 0 N–H and O–H groups in total. The molecule has 2 aliphatic rings. The first kappa shape index (κ1) is 20.5. The zero-order valence-electron chi connectivity index (χ0n) is 17.6. The number of nitrogens with zero attached hydrogens (tertiary/aromatic N) is 3. The minimum absolute atomic E-state index is 0.00609. The molecule has 0 bridgehead atoms. The Hall–Kier alpha value is -2.76. The molecule has 2 fully saturated rings. The number of carbonyl (C=O) groups excluding carboxylic acids is 2. The molecule has 158 valence electrons. The highest BCUT2D eigenvalue weighted by Crippen LogP contribution is 2.39. The van der Waals surface area contributed by atoms with E-state index in [0.717, 1.165) is 32.2 Å². The van der Waals surface area contributed by atoms with E-state index in [-0.39, 0.29) is 29.2 Å². The molecule has 2 saturated heterocycles. The maximum absolute atomic E-state index is 14.0. The van der Waals surface area contributed by atoms with Gasteiger partial charge in [0.25, 0.3) is 5.91 Å². The van der Waals surface area contributed by atoms with Crippen LogP contribution < -0.4 is 0 Å². The number of hydrogen-bond donors (Lipinski definition) is 0. The largest absolute Gasteiger partial charge is 0.335 e. The van der Waals surface area contributed by atoms with Crippen LogP contribution in [0, 0.1) is 5.82 Å². The maximum Gasteiger partial charge on any atom is 0.272 e. The Kier molecular flexibility index (Phi) is 5.58. The molecule has 5 nitrogen and oxygen atoms in total. The molecule has 0 aliphatic carbocycles. The van der Waals surface area contributed by atoms with Crippen LogP contribution in [-0.2, 0) is 11.2 Å². The highest BCUT2D eigenvalue weighted by molar-refractivity contribution is 5.93. The molecule has 0 radical (unpaired) electrons. The number of likely N-dealkylation sites (tertiary alicyclic amines) is 2. The van der Waals surface area contributed by atoms with Crippen LogP contribution in [0.15, 0.2) is 42.5 Å².